The van der Waals surface area contributed by atoms with Crippen LogP contribution in [0.1, 0.15) is 41.8 Å². The highest BCUT2D eigenvalue weighted by Crippen LogP contribution is 2.30. The molecule has 152 valence electrons. The number of benzene rings is 2. The second kappa shape index (κ2) is 9.07. The molecule has 0 saturated heterocycles. The van der Waals surface area contributed by atoms with Crippen LogP contribution in [0.25, 0.3) is 0 Å². The third kappa shape index (κ3) is 5.24. The number of aryl methyl sites for hydroxylation is 1. The van der Waals surface area contributed by atoms with Crippen molar-refractivity contribution in [2.75, 3.05) is 18.5 Å². The van der Waals surface area contributed by atoms with Crippen molar-refractivity contribution in [3.63, 3.8) is 0 Å². The normalized spacial score (nSPS) is 11.2. The van der Waals surface area contributed by atoms with Gasteiger partial charge in [0.2, 0.25) is 10.0 Å². The van der Waals surface area contributed by atoms with Gasteiger partial charge in [-0.2, -0.15) is 0 Å². The van der Waals surface area contributed by atoms with Crippen molar-refractivity contribution in [3.8, 4) is 11.5 Å². The summed E-state index contributed by atoms with van der Waals surface area (Å²) in [6, 6.07) is 7.77. The summed E-state index contributed by atoms with van der Waals surface area (Å²) < 4.78 is 34.6. The Morgan fingerprint density at radius 1 is 1.07 bits per heavy atom. The summed E-state index contributed by atoms with van der Waals surface area (Å²) >= 11 is 0. The van der Waals surface area contributed by atoms with E-state index in [0.29, 0.717) is 41.5 Å². The maximum Gasteiger partial charge on any atom is 0.255 e. The van der Waals surface area contributed by atoms with Gasteiger partial charge in [0.25, 0.3) is 5.91 Å². The molecular weight excluding hydrogens is 380 g/mol. The summed E-state index contributed by atoms with van der Waals surface area (Å²) in [5.74, 6) is 0.662. The van der Waals surface area contributed by atoms with Gasteiger partial charge in [0.05, 0.1) is 18.1 Å². The predicted octanol–water partition coefficient (Wildman–Crippen LogP) is 3.39. The summed E-state index contributed by atoms with van der Waals surface area (Å²) in [5, 5.41) is 7.98. The minimum atomic E-state index is -3.88. The Morgan fingerprint density at radius 2 is 1.79 bits per heavy atom. The Hall–Kier alpha value is -2.58. The number of hydrogen-bond donors (Lipinski definition) is 2. The maximum atomic E-state index is 12.7. The molecule has 1 amide bonds. The SMILES string of the molecule is CCCOc1ccc(C(=O)Nc2cc(S(N)(=O)=O)cc(C)c2C)cc1OCC. The van der Waals surface area contributed by atoms with Crippen molar-refractivity contribution < 1.29 is 22.7 Å². The van der Waals surface area contributed by atoms with E-state index in [4.69, 9.17) is 14.6 Å². The molecule has 28 heavy (non-hydrogen) atoms. The van der Waals surface area contributed by atoms with Gasteiger partial charge in [0.15, 0.2) is 11.5 Å². The Morgan fingerprint density at radius 3 is 2.39 bits per heavy atom. The number of primary sulfonamides is 1. The number of carbonyl (C=O) groups excluding carboxylic acids is 1. The van der Waals surface area contributed by atoms with E-state index in [1.807, 2.05) is 13.8 Å². The quantitative estimate of drug-likeness (QED) is 0.699. The van der Waals surface area contributed by atoms with Crippen LogP contribution in [-0.4, -0.2) is 27.5 Å². The molecule has 2 rings (SSSR count). The third-order valence-electron chi connectivity index (χ3n) is 4.19. The molecule has 0 aliphatic rings. The standard InChI is InChI=1S/C20H26N2O5S/c1-5-9-27-18-8-7-15(11-19(18)26-6-2)20(23)22-17-12-16(28(21,24)25)10-13(3)14(17)4/h7-8,10-12H,5-6,9H2,1-4H3,(H,22,23)(H2,21,24,25). The van der Waals surface area contributed by atoms with Crippen LogP contribution < -0.4 is 19.9 Å². The fourth-order valence-electron chi connectivity index (χ4n) is 2.56. The van der Waals surface area contributed by atoms with E-state index in [-0.39, 0.29) is 4.90 Å². The maximum absolute atomic E-state index is 12.7. The summed E-state index contributed by atoms with van der Waals surface area (Å²) in [4.78, 5) is 12.7. The van der Waals surface area contributed by atoms with E-state index in [2.05, 4.69) is 5.32 Å². The molecule has 3 N–H and O–H groups in total. The molecule has 0 saturated carbocycles. The van der Waals surface area contributed by atoms with Gasteiger partial charge in [-0.3, -0.25) is 4.79 Å². The second-order valence-corrected chi connectivity index (χ2v) is 7.92. The van der Waals surface area contributed by atoms with E-state index >= 15 is 0 Å². The van der Waals surface area contributed by atoms with Gasteiger partial charge in [-0.1, -0.05) is 6.92 Å². The number of nitrogens with two attached hydrogens (primary N) is 1. The predicted molar refractivity (Wildman–Crippen MR) is 109 cm³/mol. The average Bonchev–Trinajstić information content (AvgIpc) is 2.63. The number of sulfonamides is 1. The van der Waals surface area contributed by atoms with Crippen LogP contribution in [0.3, 0.4) is 0 Å². The van der Waals surface area contributed by atoms with Crippen LogP contribution in [0.15, 0.2) is 35.2 Å². The van der Waals surface area contributed by atoms with Gasteiger partial charge in [0, 0.05) is 11.3 Å². The van der Waals surface area contributed by atoms with Gasteiger partial charge in [0.1, 0.15) is 0 Å². The lowest BCUT2D eigenvalue weighted by Gasteiger charge is -2.15. The summed E-state index contributed by atoms with van der Waals surface area (Å²) in [6.45, 7) is 8.38. The lowest BCUT2D eigenvalue weighted by molar-refractivity contribution is 0.102. The average molecular weight is 407 g/mol. The minimum absolute atomic E-state index is 0.0516. The second-order valence-electron chi connectivity index (χ2n) is 6.35. The molecule has 0 unspecified atom stereocenters. The molecule has 8 heteroatoms. The van der Waals surface area contributed by atoms with Crippen LogP contribution in [0.4, 0.5) is 5.69 Å². The molecule has 0 spiro atoms. The number of nitrogens with one attached hydrogen (secondary N) is 1. The zero-order valence-corrected chi connectivity index (χ0v) is 17.4. The van der Waals surface area contributed by atoms with Crippen LogP contribution >= 0.6 is 0 Å². The number of carbonyl (C=O) groups is 1. The van der Waals surface area contributed by atoms with E-state index in [1.54, 1.807) is 32.0 Å². The molecule has 0 bridgehead atoms. The van der Waals surface area contributed by atoms with Crippen LogP contribution in [0.2, 0.25) is 0 Å². The molecular formula is C20H26N2O5S. The van der Waals surface area contributed by atoms with Gasteiger partial charge < -0.3 is 14.8 Å². The van der Waals surface area contributed by atoms with Gasteiger partial charge in [-0.15, -0.1) is 0 Å². The lowest BCUT2D eigenvalue weighted by atomic mass is 10.1. The van der Waals surface area contributed by atoms with E-state index in [9.17, 15) is 13.2 Å². The Bertz CT molecular complexity index is 971. The van der Waals surface area contributed by atoms with Crippen LogP contribution in [0.5, 0.6) is 11.5 Å². The third-order valence-corrected chi connectivity index (χ3v) is 5.08. The number of amides is 1. The van der Waals surface area contributed by atoms with E-state index in [0.717, 1.165) is 12.0 Å². The molecule has 2 aromatic carbocycles. The van der Waals surface area contributed by atoms with Gasteiger partial charge in [-0.05, 0) is 68.7 Å². The fraction of sp³-hybridized carbons (Fsp3) is 0.350. The fourth-order valence-corrected chi connectivity index (χ4v) is 3.19. The molecule has 0 atom stereocenters. The highest BCUT2D eigenvalue weighted by Gasteiger charge is 2.16. The van der Waals surface area contributed by atoms with Crippen molar-refractivity contribution in [3.05, 3.63) is 47.0 Å². The lowest BCUT2D eigenvalue weighted by Crippen LogP contribution is -2.16. The number of ether oxygens (including phenoxy) is 2. The zero-order chi connectivity index (χ0) is 20.9. The van der Waals surface area contributed by atoms with Gasteiger partial charge in [-0.25, -0.2) is 13.6 Å². The monoisotopic (exact) mass is 406 g/mol. The Labute approximate surface area is 165 Å². The highest BCUT2D eigenvalue weighted by molar-refractivity contribution is 7.89. The number of anilines is 1. The largest absolute Gasteiger partial charge is 0.490 e. The smallest absolute Gasteiger partial charge is 0.255 e. The molecule has 0 heterocycles. The van der Waals surface area contributed by atoms with Crippen molar-refractivity contribution in [2.45, 2.75) is 39.0 Å². The molecule has 0 aromatic heterocycles. The van der Waals surface area contributed by atoms with Crippen molar-refractivity contribution in [2.24, 2.45) is 5.14 Å². The first-order chi connectivity index (χ1) is 13.2. The minimum Gasteiger partial charge on any atom is -0.490 e. The van der Waals surface area contributed by atoms with Crippen molar-refractivity contribution >= 4 is 21.6 Å². The summed E-state index contributed by atoms with van der Waals surface area (Å²) in [7, 11) is -3.88. The zero-order valence-electron chi connectivity index (χ0n) is 16.5. The number of rotatable bonds is 8. The van der Waals surface area contributed by atoms with Crippen LogP contribution in [-0.2, 0) is 10.0 Å². The Balaban J connectivity index is 2.35. The summed E-state index contributed by atoms with van der Waals surface area (Å²) in [6.07, 6.45) is 0.854. The topological polar surface area (TPSA) is 108 Å². The summed E-state index contributed by atoms with van der Waals surface area (Å²) in [5.41, 5.74) is 2.22. The highest BCUT2D eigenvalue weighted by atomic mass is 32.2. The molecule has 0 radical (unpaired) electrons. The van der Waals surface area contributed by atoms with Crippen molar-refractivity contribution in [1.82, 2.24) is 0 Å². The molecule has 0 aliphatic carbocycles. The molecule has 7 nitrogen and oxygen atoms in total. The first-order valence-corrected chi connectivity index (χ1v) is 10.6. The number of hydrogen-bond acceptors (Lipinski definition) is 5. The van der Waals surface area contributed by atoms with E-state index < -0.39 is 15.9 Å². The van der Waals surface area contributed by atoms with Crippen molar-refractivity contribution in [1.29, 1.82) is 0 Å². The molecule has 2 aromatic rings. The van der Waals surface area contributed by atoms with Gasteiger partial charge >= 0.3 is 0 Å². The Kier molecular flexibility index (Phi) is 7.04. The molecule has 0 fully saturated rings. The first-order valence-electron chi connectivity index (χ1n) is 9.02. The first kappa shape index (κ1) is 21.7. The van der Waals surface area contributed by atoms with E-state index in [1.165, 1.54) is 12.1 Å². The van der Waals surface area contributed by atoms with Crippen LogP contribution in [0, 0.1) is 13.8 Å². The molecule has 0 aliphatic heterocycles.